The lowest BCUT2D eigenvalue weighted by atomic mass is 9.82. The van der Waals surface area contributed by atoms with Crippen LogP contribution < -0.4 is 16.5 Å². The van der Waals surface area contributed by atoms with Crippen molar-refractivity contribution in [1.29, 1.82) is 0 Å². The predicted molar refractivity (Wildman–Crippen MR) is 189 cm³/mol. The summed E-state index contributed by atoms with van der Waals surface area (Å²) < 4.78 is 2.31. The predicted octanol–water partition coefficient (Wildman–Crippen LogP) is 9.16. The number of fused-ring (bicyclic) bond motifs is 6. The summed E-state index contributed by atoms with van der Waals surface area (Å²) in [6.45, 7) is 4.69. The standard InChI is InChI=1S/C41H38N4/c1-41(2)35-21-13-12-20-31(35)33-25-34-32-23-22-30(27-14-6-3-7-15-27)24-37(32)45(38(34)26-36(33)41)44-40(29-18-10-5-11-19-29)43-39(42)28-16-8-4-9-17-28/h3-10,12-18,20-26,39-40,43-44H,11,19,42H2,1-2H3. The third-order valence-corrected chi connectivity index (χ3v) is 9.76. The lowest BCUT2D eigenvalue weighted by Gasteiger charge is -2.30. The summed E-state index contributed by atoms with van der Waals surface area (Å²) >= 11 is 0. The van der Waals surface area contributed by atoms with Gasteiger partial charge in [0, 0.05) is 16.2 Å². The van der Waals surface area contributed by atoms with Gasteiger partial charge in [-0.1, -0.05) is 129 Å². The van der Waals surface area contributed by atoms with Gasteiger partial charge in [-0.25, -0.2) is 0 Å². The van der Waals surface area contributed by atoms with Gasteiger partial charge in [-0.05, 0) is 75.6 Å². The molecule has 0 radical (unpaired) electrons. The van der Waals surface area contributed by atoms with E-state index in [0.717, 1.165) is 23.9 Å². The number of rotatable bonds is 7. The summed E-state index contributed by atoms with van der Waals surface area (Å²) in [5, 5.41) is 6.21. The van der Waals surface area contributed by atoms with E-state index in [1.165, 1.54) is 55.2 Å². The molecule has 2 unspecified atom stereocenters. The van der Waals surface area contributed by atoms with E-state index in [2.05, 4.69) is 145 Å². The average Bonchev–Trinajstić information content (AvgIpc) is 3.51. The van der Waals surface area contributed by atoms with Crippen LogP contribution >= 0.6 is 0 Å². The highest BCUT2D eigenvalue weighted by Crippen LogP contribution is 2.50. The van der Waals surface area contributed by atoms with E-state index in [0.29, 0.717) is 0 Å². The smallest absolute Gasteiger partial charge is 0.115 e. The zero-order chi connectivity index (χ0) is 30.5. The largest absolute Gasteiger partial charge is 0.312 e. The Labute approximate surface area is 264 Å². The fourth-order valence-corrected chi connectivity index (χ4v) is 7.31. The molecular formula is C41H38N4. The second-order valence-electron chi connectivity index (χ2n) is 12.8. The van der Waals surface area contributed by atoms with Gasteiger partial charge in [0.1, 0.15) is 6.17 Å². The van der Waals surface area contributed by atoms with Gasteiger partial charge in [0.05, 0.1) is 17.2 Å². The maximum absolute atomic E-state index is 6.81. The van der Waals surface area contributed by atoms with E-state index in [1.54, 1.807) is 0 Å². The van der Waals surface area contributed by atoms with E-state index in [4.69, 9.17) is 5.73 Å². The molecule has 2 atom stereocenters. The number of benzene rings is 5. The minimum absolute atomic E-state index is 0.0966. The lowest BCUT2D eigenvalue weighted by molar-refractivity contribution is 0.480. The Hall–Kier alpha value is -4.90. The molecule has 222 valence electrons. The molecule has 5 aromatic carbocycles. The van der Waals surface area contributed by atoms with Crippen LogP contribution in [0.5, 0.6) is 0 Å². The van der Waals surface area contributed by atoms with Crippen molar-refractivity contribution in [1.82, 2.24) is 9.99 Å². The molecule has 2 aliphatic rings. The Morgan fingerprint density at radius 3 is 2.22 bits per heavy atom. The minimum Gasteiger partial charge on any atom is -0.312 e. The van der Waals surface area contributed by atoms with Gasteiger partial charge in [-0.15, -0.1) is 0 Å². The first-order chi connectivity index (χ1) is 22.0. The van der Waals surface area contributed by atoms with Crippen molar-refractivity contribution in [2.45, 2.75) is 44.4 Å². The molecule has 6 aromatic rings. The number of nitrogens with two attached hydrogens (primary N) is 1. The van der Waals surface area contributed by atoms with Crippen molar-refractivity contribution < 1.29 is 0 Å². The Morgan fingerprint density at radius 2 is 1.44 bits per heavy atom. The molecule has 1 heterocycles. The highest BCUT2D eigenvalue weighted by molar-refractivity contribution is 6.11. The van der Waals surface area contributed by atoms with Gasteiger partial charge in [0.15, 0.2) is 0 Å². The summed E-state index contributed by atoms with van der Waals surface area (Å²) in [7, 11) is 0. The van der Waals surface area contributed by atoms with E-state index in [9.17, 15) is 0 Å². The van der Waals surface area contributed by atoms with Crippen LogP contribution in [-0.2, 0) is 5.41 Å². The Morgan fingerprint density at radius 1 is 0.711 bits per heavy atom. The van der Waals surface area contributed by atoms with Gasteiger partial charge in [-0.3, -0.25) is 9.99 Å². The molecular weight excluding hydrogens is 548 g/mol. The molecule has 0 bridgehead atoms. The summed E-state index contributed by atoms with van der Waals surface area (Å²) in [6.07, 6.45) is 8.09. The number of aromatic nitrogens is 1. The van der Waals surface area contributed by atoms with Crippen molar-refractivity contribution in [3.05, 3.63) is 156 Å². The summed E-state index contributed by atoms with van der Waals surface area (Å²) in [5.41, 5.74) is 23.1. The second-order valence-corrected chi connectivity index (χ2v) is 12.8. The summed E-state index contributed by atoms with van der Waals surface area (Å²) in [6, 6.07) is 41.5. The Bertz CT molecular complexity index is 2100. The second kappa shape index (κ2) is 10.9. The molecule has 0 amide bonds. The molecule has 4 heteroatoms. The van der Waals surface area contributed by atoms with Gasteiger partial charge in [0.2, 0.25) is 0 Å². The van der Waals surface area contributed by atoms with Gasteiger partial charge in [0.25, 0.3) is 0 Å². The van der Waals surface area contributed by atoms with Gasteiger partial charge in [-0.2, -0.15) is 0 Å². The van der Waals surface area contributed by atoms with Crippen LogP contribution in [0.25, 0.3) is 44.1 Å². The molecule has 0 saturated carbocycles. The third-order valence-electron chi connectivity index (χ3n) is 9.76. The fourth-order valence-electron chi connectivity index (χ4n) is 7.31. The SMILES string of the molecule is CC1(C)c2ccccc2-c2cc3c4ccc(-c5ccccc5)cc4n(NC(NC(N)c4ccccc4)C4=CC=CCC4)c3cc21. The monoisotopic (exact) mass is 586 g/mol. The molecule has 4 N–H and O–H groups in total. The van der Waals surface area contributed by atoms with Crippen LogP contribution in [0.3, 0.4) is 0 Å². The zero-order valence-corrected chi connectivity index (χ0v) is 25.8. The van der Waals surface area contributed by atoms with Crippen LogP contribution in [-0.4, -0.2) is 10.8 Å². The Kier molecular flexibility index (Phi) is 6.71. The third kappa shape index (κ3) is 4.69. The van der Waals surface area contributed by atoms with Crippen molar-refractivity contribution in [2.75, 3.05) is 5.43 Å². The lowest BCUT2D eigenvalue weighted by Crippen LogP contribution is -2.46. The molecule has 0 aliphatic heterocycles. The van der Waals surface area contributed by atoms with Crippen LogP contribution in [0.1, 0.15) is 49.5 Å². The van der Waals surface area contributed by atoms with E-state index in [1.807, 2.05) is 18.2 Å². The van der Waals surface area contributed by atoms with E-state index >= 15 is 0 Å². The first-order valence-corrected chi connectivity index (χ1v) is 16.0. The molecule has 0 saturated heterocycles. The molecule has 4 nitrogen and oxygen atoms in total. The van der Waals surface area contributed by atoms with Crippen LogP contribution in [0.2, 0.25) is 0 Å². The molecule has 1 aromatic heterocycles. The zero-order valence-electron chi connectivity index (χ0n) is 25.8. The first-order valence-electron chi connectivity index (χ1n) is 16.0. The number of nitrogens with one attached hydrogen (secondary N) is 2. The van der Waals surface area contributed by atoms with Crippen molar-refractivity contribution in [2.24, 2.45) is 5.73 Å². The van der Waals surface area contributed by atoms with Crippen LogP contribution in [0.15, 0.2) is 139 Å². The van der Waals surface area contributed by atoms with Crippen molar-refractivity contribution >= 4 is 21.8 Å². The number of hydrogen-bond donors (Lipinski definition) is 3. The fraction of sp³-hybridized carbons (Fsp3) is 0.171. The number of hydrogen-bond acceptors (Lipinski definition) is 3. The molecule has 0 fully saturated rings. The quantitative estimate of drug-likeness (QED) is 0.164. The summed E-state index contributed by atoms with van der Waals surface area (Å²) in [5.74, 6) is 0. The average molecular weight is 587 g/mol. The van der Waals surface area contributed by atoms with Crippen molar-refractivity contribution in [3.63, 3.8) is 0 Å². The van der Waals surface area contributed by atoms with E-state index < -0.39 is 0 Å². The maximum atomic E-state index is 6.81. The molecule has 2 aliphatic carbocycles. The minimum atomic E-state index is -0.332. The molecule has 45 heavy (non-hydrogen) atoms. The topological polar surface area (TPSA) is 55.0 Å². The van der Waals surface area contributed by atoms with E-state index in [-0.39, 0.29) is 17.7 Å². The molecule has 8 rings (SSSR count). The van der Waals surface area contributed by atoms with Gasteiger partial charge >= 0.3 is 0 Å². The highest BCUT2D eigenvalue weighted by atomic mass is 15.5. The normalized spacial score (nSPS) is 16.3. The summed E-state index contributed by atoms with van der Waals surface area (Å²) in [4.78, 5) is 0. The molecule has 0 spiro atoms. The van der Waals surface area contributed by atoms with Crippen LogP contribution in [0.4, 0.5) is 0 Å². The maximum Gasteiger partial charge on any atom is 0.115 e. The van der Waals surface area contributed by atoms with Crippen LogP contribution in [0, 0.1) is 0 Å². The number of allylic oxidation sites excluding steroid dienone is 3. The number of nitrogens with zero attached hydrogens (tertiary/aromatic N) is 1. The van der Waals surface area contributed by atoms with Crippen molar-refractivity contribution in [3.8, 4) is 22.3 Å². The Balaban J connectivity index is 1.33. The van der Waals surface area contributed by atoms with Gasteiger partial charge < -0.3 is 11.2 Å². The highest BCUT2D eigenvalue weighted by Gasteiger charge is 2.36. The first kappa shape index (κ1) is 27.6.